The molecule has 2 amide bonds. The fraction of sp³-hybridized carbons (Fsp3) is 0.580. The van der Waals surface area contributed by atoms with Gasteiger partial charge in [-0.1, -0.05) is 6.92 Å². The third kappa shape index (κ3) is 25.0. The first-order chi connectivity index (χ1) is 37.0. The van der Waals surface area contributed by atoms with Crippen LogP contribution in [0, 0.1) is 23.3 Å². The third-order valence-electron chi connectivity index (χ3n) is 10.2. The molecular formula is C50H71F4N7O15. The van der Waals surface area contributed by atoms with Crippen molar-refractivity contribution in [1.29, 1.82) is 0 Å². The predicted molar refractivity (Wildman–Crippen MR) is 266 cm³/mol. The summed E-state index contributed by atoms with van der Waals surface area (Å²) in [4.78, 5) is 51.9. The molecule has 0 saturated heterocycles. The van der Waals surface area contributed by atoms with Crippen molar-refractivity contribution >= 4 is 41.1 Å². The Balaban J connectivity index is 0.853. The lowest BCUT2D eigenvalue weighted by Gasteiger charge is -2.21. The van der Waals surface area contributed by atoms with E-state index >= 15 is 0 Å². The fourth-order valence-corrected chi connectivity index (χ4v) is 6.47. The summed E-state index contributed by atoms with van der Waals surface area (Å²) >= 11 is 0. The standard InChI is InChI=1S/C50H71F4N7O15/c1-3-9-61(75-4-2)50(64)36-30-42-43(58-44(55)32-36)31-37(34-56-42)41-6-5-38(59-60-41)35-57-45(62)7-10-65-12-14-67-16-18-69-20-22-71-24-26-73-28-29-74-27-25-72-23-21-70-19-17-68-15-13-66-11-8-46(63)76-49-47(53)39(51)33-40(52)48(49)54/h5-6,30-31,33-34,59-60H,3-4,7-29,32,35H2,1-2H3,(H2,55,58)(H,57,62). The number of pyridine rings is 1. The molecule has 1 aromatic heterocycles. The zero-order chi connectivity index (χ0) is 54.6. The van der Waals surface area contributed by atoms with E-state index in [0.29, 0.717) is 135 Å². The molecule has 0 fully saturated rings. The monoisotopic (exact) mass is 1090 g/mol. The van der Waals surface area contributed by atoms with Crippen LogP contribution in [0.1, 0.15) is 50.8 Å². The van der Waals surface area contributed by atoms with E-state index in [2.05, 4.69) is 30.9 Å². The highest BCUT2D eigenvalue weighted by Crippen LogP contribution is 2.29. The molecule has 0 bridgehead atoms. The Kier molecular flexibility index (Phi) is 31.4. The summed E-state index contributed by atoms with van der Waals surface area (Å²) in [5.41, 5.74) is 16.2. The number of allylic oxidation sites excluding steroid dienone is 2. The summed E-state index contributed by atoms with van der Waals surface area (Å²) in [6.45, 7) is 11.4. The molecule has 424 valence electrons. The number of halogens is 4. The van der Waals surface area contributed by atoms with Gasteiger partial charge in [-0.2, -0.15) is 8.78 Å². The minimum atomic E-state index is -1.80. The highest BCUT2D eigenvalue weighted by Gasteiger charge is 2.24. The number of nitrogens with two attached hydrogens (primary N) is 1. The van der Waals surface area contributed by atoms with Crippen molar-refractivity contribution in [1.82, 2.24) is 26.2 Å². The number of rotatable bonds is 42. The highest BCUT2D eigenvalue weighted by atomic mass is 19.2. The molecule has 76 heavy (non-hydrogen) atoms. The molecule has 5 N–H and O–H groups in total. The number of esters is 1. The predicted octanol–water partition coefficient (Wildman–Crippen LogP) is 3.60. The van der Waals surface area contributed by atoms with E-state index < -0.39 is 41.4 Å². The van der Waals surface area contributed by atoms with Gasteiger partial charge in [-0.3, -0.25) is 24.2 Å². The van der Waals surface area contributed by atoms with Crippen LogP contribution in [0.5, 0.6) is 5.75 Å². The van der Waals surface area contributed by atoms with Gasteiger partial charge in [0.1, 0.15) is 5.84 Å². The van der Waals surface area contributed by atoms with Crippen molar-refractivity contribution in [2.45, 2.75) is 39.5 Å². The Morgan fingerprint density at radius 1 is 0.658 bits per heavy atom. The van der Waals surface area contributed by atoms with Crippen LogP contribution in [0.15, 0.2) is 46.7 Å². The number of ether oxygens (including phenoxy) is 11. The number of benzene rings is 1. The van der Waals surface area contributed by atoms with Gasteiger partial charge in [0.05, 0.1) is 174 Å². The Hall–Kier alpha value is -5.65. The second kappa shape index (κ2) is 38.0. The van der Waals surface area contributed by atoms with Crippen molar-refractivity contribution in [2.75, 3.05) is 152 Å². The minimum absolute atomic E-state index is 0.0138. The van der Waals surface area contributed by atoms with E-state index in [1.807, 2.05) is 32.1 Å². The summed E-state index contributed by atoms with van der Waals surface area (Å²) < 4.78 is 112. The summed E-state index contributed by atoms with van der Waals surface area (Å²) in [6, 6.07) is 1.85. The number of carbonyl (C=O) groups is 3. The van der Waals surface area contributed by atoms with Crippen LogP contribution in [0.4, 0.5) is 23.2 Å². The van der Waals surface area contributed by atoms with Crippen molar-refractivity contribution in [2.24, 2.45) is 10.7 Å². The lowest BCUT2D eigenvalue weighted by Crippen LogP contribution is -2.38. The molecule has 26 heteroatoms. The van der Waals surface area contributed by atoms with Crippen LogP contribution >= 0.6 is 0 Å². The first kappa shape index (κ1) is 62.9. The smallest absolute Gasteiger partial charge is 0.313 e. The highest BCUT2D eigenvalue weighted by molar-refractivity contribution is 6.05. The van der Waals surface area contributed by atoms with Gasteiger partial charge >= 0.3 is 5.97 Å². The Labute approximate surface area is 439 Å². The number of nitrogens with one attached hydrogen (secondary N) is 3. The number of nitrogens with zero attached hydrogens (tertiary/aromatic N) is 3. The number of carbonyl (C=O) groups excluding carboxylic acids is 3. The zero-order valence-electron chi connectivity index (χ0n) is 43.1. The Bertz CT molecular complexity index is 2180. The van der Waals surface area contributed by atoms with Gasteiger partial charge in [0.15, 0.2) is 11.6 Å². The van der Waals surface area contributed by atoms with Crippen LogP contribution in [0.25, 0.3) is 11.8 Å². The quantitative estimate of drug-likeness (QED) is 0.0185. The summed E-state index contributed by atoms with van der Waals surface area (Å²) in [5.74, 6) is -9.66. The van der Waals surface area contributed by atoms with Crippen LogP contribution in [0.2, 0.25) is 0 Å². The number of amides is 2. The number of aromatic nitrogens is 1. The van der Waals surface area contributed by atoms with Crippen molar-refractivity contribution < 1.29 is 88.9 Å². The maximum absolute atomic E-state index is 13.6. The van der Waals surface area contributed by atoms with E-state index in [0.717, 1.165) is 23.4 Å². The number of fused-ring (bicyclic) bond motifs is 1. The van der Waals surface area contributed by atoms with Gasteiger partial charge < -0.3 is 74.0 Å². The molecule has 0 saturated carbocycles. The second-order valence-electron chi connectivity index (χ2n) is 16.1. The normalized spacial score (nSPS) is 13.1. The molecule has 0 radical (unpaired) electrons. The zero-order valence-corrected chi connectivity index (χ0v) is 43.1. The van der Waals surface area contributed by atoms with E-state index in [1.54, 1.807) is 12.3 Å². The number of hydrogen-bond donors (Lipinski definition) is 4. The Morgan fingerprint density at radius 3 is 1.61 bits per heavy atom. The summed E-state index contributed by atoms with van der Waals surface area (Å²) in [5, 5.41) is 4.22. The van der Waals surface area contributed by atoms with Gasteiger partial charge in [-0.05, 0) is 37.6 Å². The van der Waals surface area contributed by atoms with Crippen molar-refractivity contribution in [3.05, 3.63) is 76.3 Å². The van der Waals surface area contributed by atoms with E-state index in [-0.39, 0.29) is 70.3 Å². The van der Waals surface area contributed by atoms with Crippen molar-refractivity contribution in [3.63, 3.8) is 0 Å². The average Bonchev–Trinajstić information content (AvgIpc) is 3.59. The van der Waals surface area contributed by atoms with E-state index in [9.17, 15) is 31.9 Å². The molecule has 1 aromatic carbocycles. The number of amidine groups is 1. The molecule has 0 aliphatic carbocycles. The molecular weight excluding hydrogens is 1010 g/mol. The molecule has 0 unspecified atom stereocenters. The minimum Gasteiger partial charge on any atom is -0.420 e. The average molecular weight is 1090 g/mol. The maximum Gasteiger partial charge on any atom is 0.313 e. The lowest BCUT2D eigenvalue weighted by atomic mass is 10.1. The van der Waals surface area contributed by atoms with Gasteiger partial charge in [-0.25, -0.2) is 18.8 Å². The number of hydrazine groups is 1. The fourth-order valence-electron chi connectivity index (χ4n) is 6.47. The van der Waals surface area contributed by atoms with Gasteiger partial charge in [0, 0.05) is 42.8 Å². The molecule has 2 aromatic rings. The van der Waals surface area contributed by atoms with E-state index in [4.69, 9.17) is 57.9 Å². The van der Waals surface area contributed by atoms with Crippen LogP contribution in [0.3, 0.4) is 0 Å². The number of hydroxylamine groups is 2. The largest absolute Gasteiger partial charge is 0.420 e. The SMILES string of the molecule is CCCN(OCC)C(=O)C1=Cc2ncc(C3=CC=C(CNC(=O)CCOCCOCCOCCOCCOCCOCCOCCOCCOCCOCCC(=O)Oc4c(F)c(F)cc(F)c4F)NN3)cc2N=C(N)C1. The van der Waals surface area contributed by atoms with Crippen molar-refractivity contribution in [3.8, 4) is 5.75 Å². The number of hydrogen-bond acceptors (Lipinski definition) is 20. The van der Waals surface area contributed by atoms with Gasteiger partial charge in [0.2, 0.25) is 23.3 Å². The van der Waals surface area contributed by atoms with Gasteiger partial charge in [-0.15, -0.1) is 0 Å². The third-order valence-corrected chi connectivity index (χ3v) is 10.2. The lowest BCUT2D eigenvalue weighted by molar-refractivity contribution is -0.180. The van der Waals surface area contributed by atoms with E-state index in [1.165, 1.54) is 5.06 Å². The topological polar surface area (TPSA) is 253 Å². The van der Waals surface area contributed by atoms with Crippen LogP contribution in [-0.2, 0) is 66.6 Å². The molecule has 0 spiro atoms. The maximum atomic E-state index is 13.6. The van der Waals surface area contributed by atoms with Crippen LogP contribution < -0.4 is 26.6 Å². The molecule has 4 rings (SSSR count). The molecule has 0 atom stereocenters. The Morgan fingerprint density at radius 2 is 1.14 bits per heavy atom. The first-order valence-electron chi connectivity index (χ1n) is 25.0. The number of aliphatic imine (C=N–C) groups is 1. The molecule has 3 heterocycles. The summed E-state index contributed by atoms with van der Waals surface area (Å²) in [6.07, 6.45) is 7.81. The summed E-state index contributed by atoms with van der Waals surface area (Å²) in [7, 11) is 0. The second-order valence-corrected chi connectivity index (χ2v) is 16.1. The first-order valence-corrected chi connectivity index (χ1v) is 25.0. The van der Waals surface area contributed by atoms with Crippen LogP contribution in [-0.4, -0.2) is 186 Å². The molecule has 2 aliphatic rings. The molecule has 22 nitrogen and oxygen atoms in total. The molecule has 2 aliphatic heterocycles. The van der Waals surface area contributed by atoms with Gasteiger partial charge in [0.25, 0.3) is 5.91 Å².